The van der Waals surface area contributed by atoms with Gasteiger partial charge in [-0.05, 0) is 48.4 Å². The van der Waals surface area contributed by atoms with Gasteiger partial charge in [0.1, 0.15) is 5.82 Å². The van der Waals surface area contributed by atoms with Gasteiger partial charge in [0, 0.05) is 57.7 Å². The highest BCUT2D eigenvalue weighted by Crippen LogP contribution is 2.17. The van der Waals surface area contributed by atoms with Crippen molar-refractivity contribution in [3.05, 3.63) is 71.4 Å². The van der Waals surface area contributed by atoms with Gasteiger partial charge in [-0.3, -0.25) is 9.69 Å². The van der Waals surface area contributed by atoms with Gasteiger partial charge >= 0.3 is 0 Å². The van der Waals surface area contributed by atoms with E-state index in [1.807, 2.05) is 6.07 Å². The van der Waals surface area contributed by atoms with E-state index in [1.165, 1.54) is 17.7 Å². The molecule has 0 atom stereocenters. The third kappa shape index (κ3) is 6.71. The average molecular weight is 466 g/mol. The molecule has 0 spiro atoms. The van der Waals surface area contributed by atoms with Gasteiger partial charge in [0.25, 0.3) is 0 Å². The maximum atomic E-state index is 13.1. The first-order valence-electron chi connectivity index (χ1n) is 12.0. The molecule has 0 bridgehead atoms. The van der Waals surface area contributed by atoms with Crippen molar-refractivity contribution in [3.8, 4) is 11.4 Å². The lowest BCUT2D eigenvalue weighted by Crippen LogP contribution is -2.45. The van der Waals surface area contributed by atoms with Crippen LogP contribution in [0.1, 0.15) is 36.8 Å². The highest BCUT2D eigenvalue weighted by molar-refractivity contribution is 5.75. The first-order valence-corrected chi connectivity index (χ1v) is 12.0. The standard InChI is InChI=1S/C26H32FN5O2/c1-2-31-14-16-32(17-15-31)19-22-7-4-3-6-21(22)18-28-24(33)8-5-9-25-29-26(30-34-25)20-10-12-23(27)13-11-20/h3-4,6-7,10-13H,2,5,8-9,14-19H2,1H3,(H,28,33). The third-order valence-corrected chi connectivity index (χ3v) is 6.27. The van der Waals surface area contributed by atoms with E-state index in [9.17, 15) is 9.18 Å². The molecule has 1 N–H and O–H groups in total. The zero-order chi connectivity index (χ0) is 23.8. The van der Waals surface area contributed by atoms with Gasteiger partial charge in [-0.25, -0.2) is 4.39 Å². The van der Waals surface area contributed by atoms with Crippen molar-refractivity contribution in [3.63, 3.8) is 0 Å². The van der Waals surface area contributed by atoms with Crippen LogP contribution in [0.5, 0.6) is 0 Å². The fourth-order valence-electron chi connectivity index (χ4n) is 4.14. The van der Waals surface area contributed by atoms with Crippen LogP contribution in [-0.4, -0.2) is 58.6 Å². The van der Waals surface area contributed by atoms with E-state index in [4.69, 9.17) is 4.52 Å². The molecule has 0 saturated carbocycles. The summed E-state index contributed by atoms with van der Waals surface area (Å²) in [7, 11) is 0. The molecule has 2 heterocycles. The number of rotatable bonds is 10. The van der Waals surface area contributed by atoms with Gasteiger partial charge in [0.05, 0.1) is 0 Å². The van der Waals surface area contributed by atoms with Crippen LogP contribution in [0.4, 0.5) is 4.39 Å². The van der Waals surface area contributed by atoms with E-state index in [1.54, 1.807) is 12.1 Å². The minimum atomic E-state index is -0.309. The molecule has 0 unspecified atom stereocenters. The summed E-state index contributed by atoms with van der Waals surface area (Å²) in [5, 5.41) is 6.99. The minimum absolute atomic E-state index is 0.00429. The second-order valence-electron chi connectivity index (χ2n) is 8.63. The normalized spacial score (nSPS) is 14.9. The van der Waals surface area contributed by atoms with Crippen LogP contribution in [0.3, 0.4) is 0 Å². The second kappa shape index (κ2) is 11.9. The molecule has 0 aliphatic carbocycles. The summed E-state index contributed by atoms with van der Waals surface area (Å²) in [6.45, 7) is 9.14. The minimum Gasteiger partial charge on any atom is -0.352 e. The Hall–Kier alpha value is -3.10. The van der Waals surface area contributed by atoms with Crippen molar-refractivity contribution < 1.29 is 13.7 Å². The van der Waals surface area contributed by atoms with Crippen molar-refractivity contribution in [2.45, 2.75) is 39.3 Å². The fourth-order valence-corrected chi connectivity index (χ4v) is 4.14. The van der Waals surface area contributed by atoms with Gasteiger partial charge in [-0.15, -0.1) is 0 Å². The molecule has 1 saturated heterocycles. The Morgan fingerprint density at radius 2 is 1.74 bits per heavy atom. The van der Waals surface area contributed by atoms with Gasteiger partial charge < -0.3 is 14.7 Å². The molecule has 8 heteroatoms. The molecule has 2 aromatic carbocycles. The maximum Gasteiger partial charge on any atom is 0.226 e. The molecule has 1 amide bonds. The summed E-state index contributed by atoms with van der Waals surface area (Å²) >= 11 is 0. The second-order valence-corrected chi connectivity index (χ2v) is 8.63. The molecule has 1 aromatic heterocycles. The van der Waals surface area contributed by atoms with Crippen LogP contribution >= 0.6 is 0 Å². The van der Waals surface area contributed by atoms with Crippen LogP contribution in [0.25, 0.3) is 11.4 Å². The average Bonchev–Trinajstić information content (AvgIpc) is 3.33. The Kier molecular flexibility index (Phi) is 8.38. The number of nitrogens with zero attached hydrogens (tertiary/aromatic N) is 4. The van der Waals surface area contributed by atoms with Gasteiger partial charge in [-0.1, -0.05) is 36.3 Å². The molecule has 180 valence electrons. The Morgan fingerprint density at radius 3 is 2.47 bits per heavy atom. The van der Waals surface area contributed by atoms with E-state index in [0.29, 0.717) is 43.1 Å². The Bertz CT molecular complexity index is 1060. The first-order chi connectivity index (χ1) is 16.6. The van der Waals surface area contributed by atoms with Gasteiger partial charge in [-0.2, -0.15) is 4.98 Å². The van der Waals surface area contributed by atoms with Crippen LogP contribution < -0.4 is 5.32 Å². The number of carbonyl (C=O) groups is 1. The molecule has 1 aliphatic rings. The summed E-state index contributed by atoms with van der Waals surface area (Å²) in [5.74, 6) is 0.591. The smallest absolute Gasteiger partial charge is 0.226 e. The molecule has 0 radical (unpaired) electrons. The number of carbonyl (C=O) groups excluding carboxylic acids is 1. The van der Waals surface area contributed by atoms with Crippen molar-refractivity contribution >= 4 is 5.91 Å². The summed E-state index contributed by atoms with van der Waals surface area (Å²) in [5.41, 5.74) is 3.13. The topological polar surface area (TPSA) is 74.5 Å². The van der Waals surface area contributed by atoms with E-state index < -0.39 is 0 Å². The van der Waals surface area contributed by atoms with Crippen LogP contribution in [0.2, 0.25) is 0 Å². The first kappa shape index (κ1) is 24.0. The van der Waals surface area contributed by atoms with Crippen LogP contribution in [0, 0.1) is 5.82 Å². The number of hydrogen-bond donors (Lipinski definition) is 1. The molecule has 3 aromatic rings. The van der Waals surface area contributed by atoms with Crippen molar-refractivity contribution in [1.82, 2.24) is 25.3 Å². The number of aromatic nitrogens is 2. The predicted octanol–water partition coefficient (Wildman–Crippen LogP) is 3.65. The largest absolute Gasteiger partial charge is 0.352 e. The molecule has 34 heavy (non-hydrogen) atoms. The number of piperazine rings is 1. The van der Waals surface area contributed by atoms with E-state index in [0.717, 1.165) is 44.8 Å². The number of benzene rings is 2. The summed E-state index contributed by atoms with van der Waals surface area (Å²) in [6.07, 6.45) is 1.51. The summed E-state index contributed by atoms with van der Waals surface area (Å²) in [6, 6.07) is 14.3. The number of aryl methyl sites for hydroxylation is 1. The number of nitrogens with one attached hydrogen (secondary N) is 1. The maximum absolute atomic E-state index is 13.1. The molecule has 1 fully saturated rings. The van der Waals surface area contributed by atoms with Crippen molar-refractivity contribution in [2.24, 2.45) is 0 Å². The van der Waals surface area contributed by atoms with Crippen molar-refractivity contribution in [2.75, 3.05) is 32.7 Å². The lowest BCUT2D eigenvalue weighted by Gasteiger charge is -2.34. The lowest BCUT2D eigenvalue weighted by molar-refractivity contribution is -0.121. The zero-order valence-electron chi connectivity index (χ0n) is 19.7. The van der Waals surface area contributed by atoms with Gasteiger partial charge in [0.2, 0.25) is 17.6 Å². The molecule has 1 aliphatic heterocycles. The highest BCUT2D eigenvalue weighted by Gasteiger charge is 2.17. The fraction of sp³-hybridized carbons (Fsp3) is 0.423. The Labute approximate surface area is 200 Å². The molecule has 7 nitrogen and oxygen atoms in total. The summed E-state index contributed by atoms with van der Waals surface area (Å²) in [4.78, 5) is 21.7. The van der Waals surface area contributed by atoms with Crippen molar-refractivity contribution in [1.29, 1.82) is 0 Å². The lowest BCUT2D eigenvalue weighted by atomic mass is 10.1. The number of halogens is 1. The third-order valence-electron chi connectivity index (χ3n) is 6.27. The molecular weight excluding hydrogens is 433 g/mol. The van der Waals surface area contributed by atoms with E-state index in [2.05, 4.69) is 50.4 Å². The molecule has 4 rings (SSSR count). The zero-order valence-corrected chi connectivity index (χ0v) is 19.7. The molecular formula is C26H32FN5O2. The quantitative estimate of drug-likeness (QED) is 0.493. The Balaban J connectivity index is 1.21. The monoisotopic (exact) mass is 465 g/mol. The SMILES string of the molecule is CCN1CCN(Cc2ccccc2CNC(=O)CCCc2nc(-c3ccc(F)cc3)no2)CC1. The van der Waals surface area contributed by atoms with E-state index in [-0.39, 0.29) is 11.7 Å². The predicted molar refractivity (Wildman–Crippen MR) is 128 cm³/mol. The summed E-state index contributed by atoms with van der Waals surface area (Å²) < 4.78 is 18.3. The number of likely N-dealkylation sites (N-methyl/N-ethyl adjacent to an activating group) is 1. The number of hydrogen-bond acceptors (Lipinski definition) is 6. The highest BCUT2D eigenvalue weighted by atomic mass is 19.1. The van der Waals surface area contributed by atoms with Crippen LogP contribution in [0.15, 0.2) is 53.1 Å². The van der Waals surface area contributed by atoms with Crippen LogP contribution in [-0.2, 0) is 24.3 Å². The van der Waals surface area contributed by atoms with E-state index >= 15 is 0 Å². The number of amides is 1. The Morgan fingerprint density at radius 1 is 1.03 bits per heavy atom. The van der Waals surface area contributed by atoms with Gasteiger partial charge in [0.15, 0.2) is 0 Å².